The van der Waals surface area contributed by atoms with Crippen molar-refractivity contribution in [1.29, 1.82) is 0 Å². The van der Waals surface area contributed by atoms with E-state index in [9.17, 15) is 9.90 Å². The van der Waals surface area contributed by atoms with Gasteiger partial charge in [-0.3, -0.25) is 4.90 Å². The lowest BCUT2D eigenvalue weighted by Gasteiger charge is -2.15. The Morgan fingerprint density at radius 1 is 1.15 bits per heavy atom. The monoisotopic (exact) mass is 348 g/mol. The van der Waals surface area contributed by atoms with E-state index in [4.69, 9.17) is 0 Å². The van der Waals surface area contributed by atoms with Crippen LogP contribution in [0.15, 0.2) is 55.1 Å². The van der Waals surface area contributed by atoms with Gasteiger partial charge in [0.15, 0.2) is 0 Å². The molecule has 4 nitrogen and oxygen atoms in total. The summed E-state index contributed by atoms with van der Waals surface area (Å²) < 4.78 is 0. The van der Waals surface area contributed by atoms with Gasteiger partial charge in [-0.1, -0.05) is 48.6 Å². The number of benzene rings is 1. The van der Waals surface area contributed by atoms with Crippen molar-refractivity contribution in [1.82, 2.24) is 9.88 Å². The topological polar surface area (TPSA) is 53.4 Å². The number of aromatic nitrogens is 1. The Morgan fingerprint density at radius 3 is 2.46 bits per heavy atom. The number of pyridine rings is 1. The second-order valence-corrected chi connectivity index (χ2v) is 6.68. The average Bonchev–Trinajstić information content (AvgIpc) is 3.16. The third-order valence-electron chi connectivity index (χ3n) is 4.71. The molecule has 2 heterocycles. The largest absolute Gasteiger partial charge is 0.478 e. The zero-order valence-corrected chi connectivity index (χ0v) is 15.1. The maximum atomic E-state index is 11.2. The molecule has 1 fully saturated rings. The number of carboxylic acids is 1. The van der Waals surface area contributed by atoms with Crippen LogP contribution in [0.3, 0.4) is 0 Å². The van der Waals surface area contributed by atoms with Gasteiger partial charge in [0.25, 0.3) is 0 Å². The average molecular weight is 348 g/mol. The first-order valence-electron chi connectivity index (χ1n) is 8.94. The first-order valence-corrected chi connectivity index (χ1v) is 8.94. The molecule has 1 N–H and O–H groups in total. The van der Waals surface area contributed by atoms with Crippen LogP contribution in [0.4, 0.5) is 0 Å². The normalized spacial score (nSPS) is 15.2. The van der Waals surface area contributed by atoms with Crippen molar-refractivity contribution in [3.8, 4) is 0 Å². The third-order valence-corrected chi connectivity index (χ3v) is 4.71. The van der Waals surface area contributed by atoms with Gasteiger partial charge >= 0.3 is 5.97 Å². The molecule has 0 atom stereocenters. The highest BCUT2D eigenvalue weighted by molar-refractivity contribution is 6.13. The number of rotatable bonds is 6. The van der Waals surface area contributed by atoms with E-state index in [2.05, 4.69) is 53.7 Å². The van der Waals surface area contributed by atoms with Crippen LogP contribution in [0.2, 0.25) is 0 Å². The lowest BCUT2D eigenvalue weighted by molar-refractivity contribution is -0.130. The van der Waals surface area contributed by atoms with E-state index in [1.807, 2.05) is 12.1 Å². The summed E-state index contributed by atoms with van der Waals surface area (Å²) in [7, 11) is 0. The number of aliphatic carboxylic acids is 1. The van der Waals surface area contributed by atoms with Gasteiger partial charge in [0.2, 0.25) is 0 Å². The molecule has 4 heteroatoms. The summed E-state index contributed by atoms with van der Waals surface area (Å²) in [6.45, 7) is 8.81. The molecule has 1 aliphatic rings. The number of hydrogen-bond acceptors (Lipinski definition) is 3. The molecule has 0 radical (unpaired) electrons. The number of hydrogen-bond donors (Lipinski definition) is 1. The molecule has 1 aliphatic heterocycles. The summed E-state index contributed by atoms with van der Waals surface area (Å²) >= 11 is 0. The Morgan fingerprint density at radius 2 is 1.81 bits per heavy atom. The molecule has 1 aromatic carbocycles. The third kappa shape index (κ3) is 4.27. The standard InChI is InChI=1S/C22H24N2O2/c1-16-8-10-18(11-9-16)19(12-15-24-13-3-4-14-24)21-7-5-6-20(23-21)17(2)22(25)26/h5-12H,2-4,13-15H2,1H3,(H,25,26). The number of nitrogens with zero attached hydrogens (tertiary/aromatic N) is 2. The van der Waals surface area contributed by atoms with Crippen LogP contribution in [0.1, 0.15) is 35.4 Å². The summed E-state index contributed by atoms with van der Waals surface area (Å²) in [5.74, 6) is -1.05. The molecule has 1 aromatic heterocycles. The van der Waals surface area contributed by atoms with Crippen molar-refractivity contribution in [3.05, 3.63) is 77.6 Å². The first kappa shape index (κ1) is 18.1. The van der Waals surface area contributed by atoms with Crippen LogP contribution in [0.25, 0.3) is 11.1 Å². The van der Waals surface area contributed by atoms with Crippen LogP contribution in [-0.2, 0) is 4.79 Å². The molecule has 134 valence electrons. The van der Waals surface area contributed by atoms with Crippen LogP contribution in [0.5, 0.6) is 0 Å². The van der Waals surface area contributed by atoms with Crippen molar-refractivity contribution < 1.29 is 9.90 Å². The number of likely N-dealkylation sites (tertiary alicyclic amines) is 1. The highest BCUT2D eigenvalue weighted by Crippen LogP contribution is 2.24. The van der Waals surface area contributed by atoms with E-state index in [1.54, 1.807) is 6.07 Å². The molecule has 1 saturated heterocycles. The Labute approximate surface area is 154 Å². The predicted molar refractivity (Wildman–Crippen MR) is 105 cm³/mol. The molecule has 26 heavy (non-hydrogen) atoms. The van der Waals surface area contributed by atoms with Crippen LogP contribution >= 0.6 is 0 Å². The lowest BCUT2D eigenvalue weighted by atomic mass is 9.99. The molecule has 0 bridgehead atoms. The van der Waals surface area contributed by atoms with E-state index in [-0.39, 0.29) is 5.57 Å². The van der Waals surface area contributed by atoms with Crippen LogP contribution < -0.4 is 0 Å². The second kappa shape index (κ2) is 8.11. The lowest BCUT2D eigenvalue weighted by Crippen LogP contribution is -2.19. The van der Waals surface area contributed by atoms with Gasteiger partial charge in [-0.2, -0.15) is 0 Å². The molecular formula is C22H24N2O2. The summed E-state index contributed by atoms with van der Waals surface area (Å²) in [4.78, 5) is 18.2. The minimum absolute atomic E-state index is 0.00893. The Balaban J connectivity index is 1.98. The zero-order valence-electron chi connectivity index (χ0n) is 15.1. The summed E-state index contributed by atoms with van der Waals surface area (Å²) in [6, 6.07) is 13.8. The van der Waals surface area contributed by atoms with E-state index in [0.717, 1.165) is 36.5 Å². The van der Waals surface area contributed by atoms with Gasteiger partial charge in [0.05, 0.1) is 17.0 Å². The van der Waals surface area contributed by atoms with Gasteiger partial charge in [0, 0.05) is 12.1 Å². The highest BCUT2D eigenvalue weighted by atomic mass is 16.4. The minimum atomic E-state index is -1.05. The fourth-order valence-corrected chi connectivity index (χ4v) is 3.15. The van der Waals surface area contributed by atoms with Crippen molar-refractivity contribution in [3.63, 3.8) is 0 Å². The fourth-order valence-electron chi connectivity index (χ4n) is 3.15. The summed E-state index contributed by atoms with van der Waals surface area (Å²) in [5, 5.41) is 9.20. The minimum Gasteiger partial charge on any atom is -0.478 e. The van der Waals surface area contributed by atoms with Crippen molar-refractivity contribution in [2.24, 2.45) is 0 Å². The molecule has 0 saturated carbocycles. The van der Waals surface area contributed by atoms with Gasteiger partial charge in [-0.15, -0.1) is 0 Å². The predicted octanol–water partition coefficient (Wildman–Crippen LogP) is 4.02. The maximum absolute atomic E-state index is 11.2. The van der Waals surface area contributed by atoms with E-state index in [0.29, 0.717) is 5.69 Å². The van der Waals surface area contributed by atoms with Gasteiger partial charge in [-0.25, -0.2) is 9.78 Å². The van der Waals surface area contributed by atoms with E-state index >= 15 is 0 Å². The van der Waals surface area contributed by atoms with E-state index in [1.165, 1.54) is 18.4 Å². The number of aryl methyl sites for hydroxylation is 1. The quantitative estimate of drug-likeness (QED) is 0.801. The van der Waals surface area contributed by atoms with Gasteiger partial charge in [-0.05, 0) is 50.6 Å². The number of carboxylic acid groups (broad SMARTS) is 1. The van der Waals surface area contributed by atoms with Crippen LogP contribution in [0, 0.1) is 6.92 Å². The Hall–Kier alpha value is -2.72. The van der Waals surface area contributed by atoms with Crippen molar-refractivity contribution in [2.75, 3.05) is 19.6 Å². The number of carbonyl (C=O) groups is 1. The second-order valence-electron chi connectivity index (χ2n) is 6.68. The van der Waals surface area contributed by atoms with Gasteiger partial charge in [0.1, 0.15) is 0 Å². The fraction of sp³-hybridized carbons (Fsp3) is 0.273. The molecule has 0 amide bonds. The Bertz CT molecular complexity index is 831. The van der Waals surface area contributed by atoms with Crippen molar-refractivity contribution in [2.45, 2.75) is 19.8 Å². The molecule has 2 aromatic rings. The highest BCUT2D eigenvalue weighted by Gasteiger charge is 2.14. The smallest absolute Gasteiger partial charge is 0.337 e. The zero-order chi connectivity index (χ0) is 18.5. The summed E-state index contributed by atoms with van der Waals surface area (Å²) in [6.07, 6.45) is 4.70. The Kier molecular flexibility index (Phi) is 5.64. The van der Waals surface area contributed by atoms with Gasteiger partial charge < -0.3 is 5.11 Å². The maximum Gasteiger partial charge on any atom is 0.337 e. The molecule has 0 aliphatic carbocycles. The van der Waals surface area contributed by atoms with Crippen molar-refractivity contribution >= 4 is 17.1 Å². The van der Waals surface area contributed by atoms with Crippen LogP contribution in [-0.4, -0.2) is 40.6 Å². The first-order chi connectivity index (χ1) is 12.5. The molecule has 0 unspecified atom stereocenters. The molecule has 3 rings (SSSR count). The molecule has 0 spiro atoms. The summed E-state index contributed by atoms with van der Waals surface area (Å²) in [5.41, 5.74) is 4.49. The molecular weight excluding hydrogens is 324 g/mol. The van der Waals surface area contributed by atoms with E-state index < -0.39 is 5.97 Å². The SMILES string of the molecule is C=C(C(=O)O)c1cccc(C(=CCN2CCCC2)c2ccc(C)cc2)n1.